The molecule has 5 N–H and O–H groups in total. The monoisotopic (exact) mass is 293 g/mol. The molecule has 0 bridgehead atoms. The summed E-state index contributed by atoms with van der Waals surface area (Å²) in [4.78, 5) is 34.1. The van der Waals surface area contributed by atoms with E-state index in [9.17, 15) is 19.5 Å². The van der Waals surface area contributed by atoms with Gasteiger partial charge in [0.05, 0.1) is 0 Å². The molecular formula is C14H19N3O4. The second kappa shape index (κ2) is 6.74. The van der Waals surface area contributed by atoms with Gasteiger partial charge in [-0.25, -0.2) is 9.59 Å². The van der Waals surface area contributed by atoms with Gasteiger partial charge in [-0.2, -0.15) is 0 Å². The Morgan fingerprint density at radius 2 is 1.81 bits per heavy atom. The van der Waals surface area contributed by atoms with Crippen LogP contribution in [-0.4, -0.2) is 28.6 Å². The number of amides is 3. The fraction of sp³-hybridized carbons (Fsp3) is 0.357. The number of hydrogen-bond acceptors (Lipinski definition) is 3. The molecule has 0 heterocycles. The lowest BCUT2D eigenvalue weighted by atomic mass is 10.0. The van der Waals surface area contributed by atoms with Gasteiger partial charge in [0.2, 0.25) is 5.91 Å². The number of carbonyl (C=O) groups is 3. The van der Waals surface area contributed by atoms with Crippen LogP contribution in [0.3, 0.4) is 0 Å². The number of hydrogen-bond donors (Lipinski definition) is 4. The highest BCUT2D eigenvalue weighted by molar-refractivity contribution is 5.84. The van der Waals surface area contributed by atoms with Crippen LogP contribution in [0.4, 0.5) is 4.79 Å². The molecule has 0 saturated heterocycles. The zero-order chi connectivity index (χ0) is 16.0. The van der Waals surface area contributed by atoms with Gasteiger partial charge in [0, 0.05) is 12.0 Å². The first-order valence-corrected chi connectivity index (χ1v) is 6.36. The van der Waals surface area contributed by atoms with Crippen LogP contribution < -0.4 is 16.4 Å². The van der Waals surface area contributed by atoms with Crippen molar-refractivity contribution in [1.29, 1.82) is 0 Å². The highest BCUT2D eigenvalue weighted by Crippen LogP contribution is 2.13. The second-order valence-electron chi connectivity index (χ2n) is 5.31. The van der Waals surface area contributed by atoms with E-state index in [1.54, 1.807) is 44.2 Å². The quantitative estimate of drug-likeness (QED) is 0.618. The van der Waals surface area contributed by atoms with Crippen LogP contribution in [0.25, 0.3) is 0 Å². The smallest absolute Gasteiger partial charge is 0.330 e. The molecule has 7 heteroatoms. The minimum absolute atomic E-state index is 0.0521. The fourth-order valence-electron chi connectivity index (χ4n) is 1.89. The maximum atomic E-state index is 11.9. The standard InChI is InChI=1S/C14H19N3O4/c1-14(2,8-10(15)18)17-13(21)16-11(12(19)20)9-6-4-3-5-7-9/h3-7,11H,8H2,1-2H3,(H2,15,18)(H,19,20)(H2,16,17,21)/t11-/m1/s1. The Morgan fingerprint density at radius 3 is 2.29 bits per heavy atom. The predicted octanol–water partition coefficient (Wildman–Crippen LogP) is 0.766. The molecule has 1 aromatic rings. The molecule has 0 radical (unpaired) electrons. The number of carboxylic acid groups (broad SMARTS) is 1. The van der Waals surface area contributed by atoms with Crippen molar-refractivity contribution in [3.8, 4) is 0 Å². The molecule has 0 saturated carbocycles. The lowest BCUT2D eigenvalue weighted by molar-refractivity contribution is -0.139. The summed E-state index contributed by atoms with van der Waals surface area (Å²) in [5.74, 6) is -1.73. The zero-order valence-corrected chi connectivity index (χ0v) is 11.9. The van der Waals surface area contributed by atoms with Crippen molar-refractivity contribution in [2.24, 2.45) is 5.73 Å². The van der Waals surface area contributed by atoms with Gasteiger partial charge in [0.25, 0.3) is 0 Å². The van der Waals surface area contributed by atoms with Crippen molar-refractivity contribution in [3.63, 3.8) is 0 Å². The van der Waals surface area contributed by atoms with Gasteiger partial charge in [0.15, 0.2) is 6.04 Å². The highest BCUT2D eigenvalue weighted by atomic mass is 16.4. The summed E-state index contributed by atoms with van der Waals surface area (Å²) < 4.78 is 0. The third-order valence-electron chi connectivity index (χ3n) is 2.72. The molecule has 0 fully saturated rings. The second-order valence-corrected chi connectivity index (χ2v) is 5.31. The first kappa shape index (κ1) is 16.5. The zero-order valence-electron chi connectivity index (χ0n) is 11.9. The summed E-state index contributed by atoms with van der Waals surface area (Å²) in [6, 6.07) is 6.47. The van der Waals surface area contributed by atoms with Crippen molar-refractivity contribution in [2.45, 2.75) is 31.8 Å². The number of benzene rings is 1. The predicted molar refractivity (Wildman–Crippen MR) is 76.4 cm³/mol. The number of nitrogens with two attached hydrogens (primary N) is 1. The average molecular weight is 293 g/mol. The molecule has 3 amide bonds. The third kappa shape index (κ3) is 5.52. The summed E-state index contributed by atoms with van der Waals surface area (Å²) in [6.45, 7) is 3.24. The summed E-state index contributed by atoms with van der Waals surface area (Å²) in [6.07, 6.45) is -0.0521. The summed E-state index contributed by atoms with van der Waals surface area (Å²) in [5.41, 5.74) is 4.68. The first-order valence-electron chi connectivity index (χ1n) is 6.36. The SMILES string of the molecule is CC(C)(CC(N)=O)NC(=O)N[C@@H](C(=O)O)c1ccccc1. The fourth-order valence-corrected chi connectivity index (χ4v) is 1.89. The number of aliphatic carboxylic acids is 1. The van der Waals surface area contributed by atoms with E-state index in [-0.39, 0.29) is 6.42 Å². The van der Waals surface area contributed by atoms with Crippen LogP contribution in [-0.2, 0) is 9.59 Å². The van der Waals surface area contributed by atoms with E-state index in [1.165, 1.54) is 0 Å². The summed E-state index contributed by atoms with van der Waals surface area (Å²) in [7, 11) is 0. The molecule has 21 heavy (non-hydrogen) atoms. The van der Waals surface area contributed by atoms with Gasteiger partial charge in [-0.15, -0.1) is 0 Å². The Bertz CT molecular complexity index is 528. The Hall–Kier alpha value is -2.57. The summed E-state index contributed by atoms with van der Waals surface area (Å²) >= 11 is 0. The Morgan fingerprint density at radius 1 is 1.24 bits per heavy atom. The molecule has 0 unspecified atom stereocenters. The molecule has 1 atom stereocenters. The van der Waals surface area contributed by atoms with Crippen LogP contribution in [0.1, 0.15) is 31.9 Å². The van der Waals surface area contributed by atoms with E-state index in [2.05, 4.69) is 10.6 Å². The molecule has 1 rings (SSSR count). The van der Waals surface area contributed by atoms with Crippen molar-refractivity contribution in [2.75, 3.05) is 0 Å². The van der Waals surface area contributed by atoms with E-state index in [0.717, 1.165) is 0 Å². The van der Waals surface area contributed by atoms with Crippen molar-refractivity contribution in [1.82, 2.24) is 10.6 Å². The Kier molecular flexibility index (Phi) is 5.29. The molecule has 0 aliphatic heterocycles. The Balaban J connectivity index is 2.75. The highest BCUT2D eigenvalue weighted by Gasteiger charge is 2.26. The normalized spacial score (nSPS) is 12.3. The van der Waals surface area contributed by atoms with Crippen LogP contribution in [0, 0.1) is 0 Å². The number of carboxylic acids is 1. The maximum absolute atomic E-state index is 11.9. The topological polar surface area (TPSA) is 122 Å². The largest absolute Gasteiger partial charge is 0.479 e. The molecule has 0 spiro atoms. The lowest BCUT2D eigenvalue weighted by Crippen LogP contribution is -2.51. The van der Waals surface area contributed by atoms with E-state index < -0.39 is 29.5 Å². The number of carbonyl (C=O) groups excluding carboxylic acids is 2. The van der Waals surface area contributed by atoms with Crippen molar-refractivity contribution in [3.05, 3.63) is 35.9 Å². The van der Waals surface area contributed by atoms with Gasteiger partial charge in [0.1, 0.15) is 0 Å². The van der Waals surface area contributed by atoms with Crippen LogP contribution >= 0.6 is 0 Å². The van der Waals surface area contributed by atoms with Crippen LogP contribution in [0.2, 0.25) is 0 Å². The van der Waals surface area contributed by atoms with Crippen LogP contribution in [0.15, 0.2) is 30.3 Å². The minimum atomic E-state index is -1.18. The number of primary amides is 1. The molecule has 0 aliphatic rings. The van der Waals surface area contributed by atoms with E-state index in [0.29, 0.717) is 5.56 Å². The lowest BCUT2D eigenvalue weighted by Gasteiger charge is -2.26. The molecular weight excluding hydrogens is 274 g/mol. The van der Waals surface area contributed by atoms with Crippen LogP contribution in [0.5, 0.6) is 0 Å². The summed E-state index contributed by atoms with van der Waals surface area (Å²) in [5, 5.41) is 14.1. The average Bonchev–Trinajstić information content (AvgIpc) is 2.34. The van der Waals surface area contributed by atoms with Gasteiger partial charge in [-0.05, 0) is 19.4 Å². The van der Waals surface area contributed by atoms with Gasteiger partial charge in [-0.1, -0.05) is 30.3 Å². The number of rotatable bonds is 6. The third-order valence-corrected chi connectivity index (χ3v) is 2.72. The van der Waals surface area contributed by atoms with Crippen molar-refractivity contribution < 1.29 is 19.5 Å². The molecule has 7 nitrogen and oxygen atoms in total. The molecule has 1 aromatic carbocycles. The molecule has 114 valence electrons. The molecule has 0 aromatic heterocycles. The van der Waals surface area contributed by atoms with E-state index >= 15 is 0 Å². The molecule has 0 aliphatic carbocycles. The van der Waals surface area contributed by atoms with Gasteiger partial charge in [-0.3, -0.25) is 4.79 Å². The van der Waals surface area contributed by atoms with Crippen molar-refractivity contribution >= 4 is 17.9 Å². The minimum Gasteiger partial charge on any atom is -0.479 e. The maximum Gasteiger partial charge on any atom is 0.330 e. The van der Waals surface area contributed by atoms with E-state index in [4.69, 9.17) is 5.73 Å². The van der Waals surface area contributed by atoms with E-state index in [1.807, 2.05) is 0 Å². The van der Waals surface area contributed by atoms with Gasteiger partial charge < -0.3 is 21.5 Å². The number of urea groups is 1. The van der Waals surface area contributed by atoms with Gasteiger partial charge >= 0.3 is 12.0 Å². The Labute approximate surface area is 122 Å². The number of nitrogens with one attached hydrogen (secondary N) is 2. The first-order chi connectivity index (χ1) is 9.71.